The minimum atomic E-state index is -0.644. The van der Waals surface area contributed by atoms with E-state index in [4.69, 9.17) is 0 Å². The SMILES string of the molecule is CC(F)CCCc1cccs1. The van der Waals surface area contributed by atoms with Crippen LogP contribution in [0.3, 0.4) is 0 Å². The second-order valence-corrected chi connectivity index (χ2v) is 3.78. The first-order chi connectivity index (χ1) is 5.29. The van der Waals surface area contributed by atoms with Crippen molar-refractivity contribution in [3.63, 3.8) is 0 Å². The Hall–Kier alpha value is -0.370. The van der Waals surface area contributed by atoms with Gasteiger partial charge in [0.15, 0.2) is 0 Å². The lowest BCUT2D eigenvalue weighted by Gasteiger charge is -1.98. The maximum absolute atomic E-state index is 12.3. The van der Waals surface area contributed by atoms with Crippen LogP contribution in [0.4, 0.5) is 4.39 Å². The fourth-order valence-corrected chi connectivity index (χ4v) is 1.76. The first-order valence-electron chi connectivity index (χ1n) is 3.95. The lowest BCUT2D eigenvalue weighted by atomic mass is 10.2. The lowest BCUT2D eigenvalue weighted by Crippen LogP contribution is -1.92. The zero-order valence-electron chi connectivity index (χ0n) is 6.72. The van der Waals surface area contributed by atoms with Crippen LogP contribution in [0.5, 0.6) is 0 Å². The fourth-order valence-electron chi connectivity index (χ4n) is 1.01. The van der Waals surface area contributed by atoms with Crippen LogP contribution >= 0.6 is 11.3 Å². The molecule has 62 valence electrons. The highest BCUT2D eigenvalue weighted by Gasteiger charge is 1.98. The third kappa shape index (κ3) is 3.51. The van der Waals surface area contributed by atoms with Gasteiger partial charge in [0.05, 0.1) is 6.17 Å². The Morgan fingerprint density at radius 3 is 3.00 bits per heavy atom. The monoisotopic (exact) mass is 172 g/mol. The van der Waals surface area contributed by atoms with E-state index in [-0.39, 0.29) is 0 Å². The third-order valence-corrected chi connectivity index (χ3v) is 2.54. The van der Waals surface area contributed by atoms with Crippen molar-refractivity contribution in [1.82, 2.24) is 0 Å². The van der Waals surface area contributed by atoms with E-state index in [0.29, 0.717) is 6.42 Å². The first kappa shape index (κ1) is 8.72. The third-order valence-electron chi connectivity index (χ3n) is 1.61. The van der Waals surface area contributed by atoms with Crippen molar-refractivity contribution in [2.75, 3.05) is 0 Å². The molecule has 0 radical (unpaired) electrons. The van der Waals surface area contributed by atoms with Gasteiger partial charge in [-0.05, 0) is 37.6 Å². The van der Waals surface area contributed by atoms with Crippen molar-refractivity contribution in [2.24, 2.45) is 0 Å². The highest BCUT2D eigenvalue weighted by Crippen LogP contribution is 2.13. The second-order valence-electron chi connectivity index (χ2n) is 2.75. The van der Waals surface area contributed by atoms with Crippen LogP contribution in [0, 0.1) is 0 Å². The Balaban J connectivity index is 2.14. The molecule has 1 rings (SSSR count). The summed E-state index contributed by atoms with van der Waals surface area (Å²) in [5.41, 5.74) is 0. The second kappa shape index (κ2) is 4.50. The van der Waals surface area contributed by atoms with Crippen molar-refractivity contribution in [2.45, 2.75) is 32.4 Å². The smallest absolute Gasteiger partial charge is 0.0973 e. The molecule has 1 unspecified atom stereocenters. The highest BCUT2D eigenvalue weighted by molar-refractivity contribution is 7.09. The minimum Gasteiger partial charge on any atom is -0.248 e. The molecule has 1 aromatic rings. The van der Waals surface area contributed by atoms with Crippen molar-refractivity contribution < 1.29 is 4.39 Å². The summed E-state index contributed by atoms with van der Waals surface area (Å²) in [7, 11) is 0. The van der Waals surface area contributed by atoms with E-state index in [1.54, 1.807) is 18.3 Å². The largest absolute Gasteiger partial charge is 0.248 e. The Bertz CT molecular complexity index is 179. The molecule has 0 saturated heterocycles. The average Bonchev–Trinajstić information content (AvgIpc) is 2.39. The van der Waals surface area contributed by atoms with Crippen molar-refractivity contribution >= 4 is 11.3 Å². The van der Waals surface area contributed by atoms with Gasteiger partial charge >= 0.3 is 0 Å². The maximum Gasteiger partial charge on any atom is 0.0973 e. The molecule has 1 aromatic heterocycles. The molecule has 1 atom stereocenters. The standard InChI is InChI=1S/C9H13FS/c1-8(10)4-2-5-9-6-3-7-11-9/h3,6-8H,2,4-5H2,1H3. The first-order valence-corrected chi connectivity index (χ1v) is 4.83. The van der Waals surface area contributed by atoms with Crippen LogP contribution in [0.1, 0.15) is 24.6 Å². The van der Waals surface area contributed by atoms with E-state index in [0.717, 1.165) is 12.8 Å². The van der Waals surface area contributed by atoms with Gasteiger partial charge in [0, 0.05) is 4.88 Å². The van der Waals surface area contributed by atoms with Crippen LogP contribution in [0.2, 0.25) is 0 Å². The number of hydrogen-bond acceptors (Lipinski definition) is 1. The van der Waals surface area contributed by atoms with E-state index in [2.05, 4.69) is 11.4 Å². The number of thiophene rings is 1. The molecule has 0 N–H and O–H groups in total. The highest BCUT2D eigenvalue weighted by atomic mass is 32.1. The van der Waals surface area contributed by atoms with E-state index >= 15 is 0 Å². The van der Waals surface area contributed by atoms with Crippen LogP contribution in [0.25, 0.3) is 0 Å². The van der Waals surface area contributed by atoms with Gasteiger partial charge in [0.2, 0.25) is 0 Å². The van der Waals surface area contributed by atoms with Crippen molar-refractivity contribution in [1.29, 1.82) is 0 Å². The van der Waals surface area contributed by atoms with Crippen LogP contribution in [-0.4, -0.2) is 6.17 Å². The van der Waals surface area contributed by atoms with Gasteiger partial charge in [-0.2, -0.15) is 0 Å². The Morgan fingerprint density at radius 2 is 2.45 bits per heavy atom. The zero-order chi connectivity index (χ0) is 8.10. The summed E-state index contributed by atoms with van der Waals surface area (Å²) in [4.78, 5) is 1.37. The molecule has 0 amide bonds. The topological polar surface area (TPSA) is 0 Å². The summed E-state index contributed by atoms with van der Waals surface area (Å²) in [6.45, 7) is 1.62. The summed E-state index contributed by atoms with van der Waals surface area (Å²) in [5, 5.41) is 2.06. The molecule has 11 heavy (non-hydrogen) atoms. The zero-order valence-corrected chi connectivity index (χ0v) is 7.53. The molecule has 0 bridgehead atoms. The average molecular weight is 172 g/mol. The fraction of sp³-hybridized carbons (Fsp3) is 0.556. The lowest BCUT2D eigenvalue weighted by molar-refractivity contribution is 0.335. The number of halogens is 1. The molecule has 0 fully saturated rings. The molecule has 0 saturated carbocycles. The Morgan fingerprint density at radius 1 is 1.64 bits per heavy atom. The summed E-state index contributed by atoms with van der Waals surface area (Å²) < 4.78 is 12.3. The van der Waals surface area contributed by atoms with E-state index in [1.165, 1.54) is 4.88 Å². The summed E-state index contributed by atoms with van der Waals surface area (Å²) in [6, 6.07) is 4.15. The van der Waals surface area contributed by atoms with Gasteiger partial charge in [0.25, 0.3) is 0 Å². The van der Waals surface area contributed by atoms with Crippen LogP contribution < -0.4 is 0 Å². The van der Waals surface area contributed by atoms with Gasteiger partial charge in [-0.3, -0.25) is 0 Å². The van der Waals surface area contributed by atoms with Crippen molar-refractivity contribution in [3.05, 3.63) is 22.4 Å². The number of aryl methyl sites for hydroxylation is 1. The van der Waals surface area contributed by atoms with Gasteiger partial charge in [-0.25, -0.2) is 4.39 Å². The van der Waals surface area contributed by atoms with Gasteiger partial charge < -0.3 is 0 Å². The normalized spacial score (nSPS) is 13.3. The molecule has 0 aromatic carbocycles. The molecular formula is C9H13FS. The molecule has 0 nitrogen and oxygen atoms in total. The van der Waals surface area contributed by atoms with E-state index < -0.39 is 6.17 Å². The molecule has 0 aliphatic carbocycles. The molecule has 0 spiro atoms. The van der Waals surface area contributed by atoms with Crippen molar-refractivity contribution in [3.8, 4) is 0 Å². The quantitative estimate of drug-likeness (QED) is 0.652. The van der Waals surface area contributed by atoms with E-state index in [1.807, 2.05) is 6.07 Å². The predicted octanol–water partition coefficient (Wildman–Crippen LogP) is 3.43. The molecule has 0 aliphatic rings. The van der Waals surface area contributed by atoms with Crippen LogP contribution in [0.15, 0.2) is 17.5 Å². The summed E-state index contributed by atoms with van der Waals surface area (Å²) in [5.74, 6) is 0. The predicted molar refractivity (Wildman–Crippen MR) is 47.8 cm³/mol. The minimum absolute atomic E-state index is 0.644. The van der Waals surface area contributed by atoms with Gasteiger partial charge in [0.1, 0.15) is 0 Å². The number of rotatable bonds is 4. The molecule has 0 aliphatic heterocycles. The Labute approximate surface area is 71.1 Å². The maximum atomic E-state index is 12.3. The van der Waals surface area contributed by atoms with Crippen LogP contribution in [-0.2, 0) is 6.42 Å². The number of alkyl halides is 1. The summed E-state index contributed by atoms with van der Waals surface area (Å²) >= 11 is 1.75. The van der Waals surface area contributed by atoms with Gasteiger partial charge in [-0.1, -0.05) is 6.07 Å². The molecule has 2 heteroatoms. The van der Waals surface area contributed by atoms with E-state index in [9.17, 15) is 4.39 Å². The molecular weight excluding hydrogens is 159 g/mol. The summed E-state index contributed by atoms with van der Waals surface area (Å²) in [6.07, 6.45) is 2.05. The molecule has 1 heterocycles. The Kier molecular flexibility index (Phi) is 3.57. The number of hydrogen-bond donors (Lipinski definition) is 0. The van der Waals surface area contributed by atoms with Gasteiger partial charge in [-0.15, -0.1) is 11.3 Å².